The molecule has 0 saturated heterocycles. The highest BCUT2D eigenvalue weighted by atomic mass is 16.5. The Labute approximate surface area is 176 Å². The molecule has 1 unspecified atom stereocenters. The standard InChI is InChI=1S/C26H25NO3/c1-26(2)14-24(28)21-13-16(11-12-23(21)26)27-25(29)30-15-22-19-9-5-3-7-17(19)18-8-4-6-10-20(18)22/h3-13,22,24,28H,14-15H2,1-2H3,(H,27,29). The van der Waals surface area contributed by atoms with Crippen LogP contribution in [-0.4, -0.2) is 17.8 Å². The Morgan fingerprint density at radius 3 is 2.30 bits per heavy atom. The van der Waals surface area contributed by atoms with Crippen molar-refractivity contribution in [2.45, 2.75) is 37.7 Å². The molecule has 0 fully saturated rings. The topological polar surface area (TPSA) is 58.6 Å². The molecular formula is C26H25NO3. The fourth-order valence-corrected chi connectivity index (χ4v) is 4.99. The number of fused-ring (bicyclic) bond motifs is 4. The highest BCUT2D eigenvalue weighted by molar-refractivity contribution is 5.85. The zero-order valence-corrected chi connectivity index (χ0v) is 17.2. The van der Waals surface area contributed by atoms with Crippen LogP contribution < -0.4 is 5.32 Å². The fraction of sp³-hybridized carbons (Fsp3) is 0.269. The molecule has 2 aliphatic rings. The van der Waals surface area contributed by atoms with E-state index in [9.17, 15) is 9.90 Å². The Morgan fingerprint density at radius 2 is 1.63 bits per heavy atom. The normalized spacial score (nSPS) is 18.4. The van der Waals surface area contributed by atoms with Crippen LogP contribution in [0.2, 0.25) is 0 Å². The SMILES string of the molecule is CC1(C)CC(O)c2cc(NC(=O)OCC3c4ccccc4-c4ccccc43)ccc21. The molecule has 4 nitrogen and oxygen atoms in total. The summed E-state index contributed by atoms with van der Waals surface area (Å²) in [6.07, 6.45) is -0.292. The van der Waals surface area contributed by atoms with E-state index in [1.165, 1.54) is 22.3 Å². The molecule has 152 valence electrons. The number of benzene rings is 3. The summed E-state index contributed by atoms with van der Waals surface area (Å²) < 4.78 is 5.62. The second-order valence-corrected chi connectivity index (χ2v) is 8.86. The molecule has 0 radical (unpaired) electrons. The van der Waals surface area contributed by atoms with Crippen LogP contribution in [0.5, 0.6) is 0 Å². The molecule has 3 aromatic rings. The van der Waals surface area contributed by atoms with Crippen molar-refractivity contribution in [1.29, 1.82) is 0 Å². The van der Waals surface area contributed by atoms with Crippen LogP contribution in [0.15, 0.2) is 66.7 Å². The molecule has 30 heavy (non-hydrogen) atoms. The first kappa shape index (κ1) is 18.9. The maximum absolute atomic E-state index is 12.5. The van der Waals surface area contributed by atoms with Crippen molar-refractivity contribution in [1.82, 2.24) is 0 Å². The van der Waals surface area contributed by atoms with E-state index in [4.69, 9.17) is 4.74 Å². The third-order valence-electron chi connectivity index (χ3n) is 6.43. The van der Waals surface area contributed by atoms with Gasteiger partial charge in [-0.05, 0) is 57.3 Å². The van der Waals surface area contributed by atoms with E-state index in [0.717, 1.165) is 11.1 Å². The average molecular weight is 399 g/mol. The lowest BCUT2D eigenvalue weighted by Gasteiger charge is -2.18. The van der Waals surface area contributed by atoms with Gasteiger partial charge in [-0.25, -0.2) is 4.79 Å². The lowest BCUT2D eigenvalue weighted by atomic mass is 9.86. The first-order chi connectivity index (χ1) is 14.4. The van der Waals surface area contributed by atoms with Crippen LogP contribution in [0.4, 0.5) is 10.5 Å². The Hall–Kier alpha value is -3.11. The lowest BCUT2D eigenvalue weighted by Crippen LogP contribution is -2.18. The molecule has 3 aromatic carbocycles. The first-order valence-corrected chi connectivity index (χ1v) is 10.4. The second-order valence-electron chi connectivity index (χ2n) is 8.86. The summed E-state index contributed by atoms with van der Waals surface area (Å²) in [5.74, 6) is 0.0331. The Bertz CT molecular complexity index is 1090. The summed E-state index contributed by atoms with van der Waals surface area (Å²) in [7, 11) is 0. The monoisotopic (exact) mass is 399 g/mol. The van der Waals surface area contributed by atoms with Crippen LogP contribution in [0, 0.1) is 0 Å². The van der Waals surface area contributed by atoms with Gasteiger partial charge >= 0.3 is 6.09 Å². The third-order valence-corrected chi connectivity index (χ3v) is 6.43. The second kappa shape index (κ2) is 6.99. The van der Waals surface area contributed by atoms with Crippen molar-refractivity contribution >= 4 is 11.8 Å². The Balaban J connectivity index is 1.30. The summed E-state index contributed by atoms with van der Waals surface area (Å²) in [5.41, 5.74) is 7.39. The Morgan fingerprint density at radius 1 is 1.00 bits per heavy atom. The number of carbonyl (C=O) groups excluding carboxylic acids is 1. The summed E-state index contributed by atoms with van der Waals surface area (Å²) in [6, 6.07) is 22.3. The van der Waals surface area contributed by atoms with Gasteiger partial charge in [0.2, 0.25) is 0 Å². The zero-order chi connectivity index (χ0) is 20.9. The van der Waals surface area contributed by atoms with Crippen LogP contribution in [0.25, 0.3) is 11.1 Å². The maximum atomic E-state index is 12.5. The number of hydrogen-bond acceptors (Lipinski definition) is 3. The molecule has 0 saturated carbocycles. The first-order valence-electron chi connectivity index (χ1n) is 10.4. The largest absolute Gasteiger partial charge is 0.448 e. The van der Waals surface area contributed by atoms with E-state index in [0.29, 0.717) is 12.1 Å². The van der Waals surface area contributed by atoms with Crippen LogP contribution in [0.1, 0.15) is 54.5 Å². The van der Waals surface area contributed by atoms with E-state index < -0.39 is 12.2 Å². The predicted octanol–water partition coefficient (Wildman–Crippen LogP) is 5.76. The summed E-state index contributed by atoms with van der Waals surface area (Å²) in [5, 5.41) is 13.2. The minimum atomic E-state index is -0.501. The number of amides is 1. The highest BCUT2D eigenvalue weighted by Gasteiger charge is 2.36. The number of aliphatic hydroxyl groups is 1. The number of carbonyl (C=O) groups is 1. The van der Waals surface area contributed by atoms with E-state index >= 15 is 0 Å². The van der Waals surface area contributed by atoms with Crippen LogP contribution in [-0.2, 0) is 10.2 Å². The summed E-state index contributed by atoms with van der Waals surface area (Å²) in [4.78, 5) is 12.5. The average Bonchev–Trinajstić information content (AvgIpc) is 3.17. The molecule has 2 aliphatic carbocycles. The summed E-state index contributed by atoms with van der Waals surface area (Å²) >= 11 is 0. The van der Waals surface area contributed by atoms with Crippen molar-refractivity contribution < 1.29 is 14.6 Å². The van der Waals surface area contributed by atoms with Gasteiger partial charge < -0.3 is 9.84 Å². The smallest absolute Gasteiger partial charge is 0.411 e. The molecule has 4 heteroatoms. The minimum absolute atomic E-state index is 0.0331. The van der Waals surface area contributed by atoms with E-state index in [1.807, 2.05) is 42.5 Å². The molecule has 5 rings (SSSR count). The van der Waals surface area contributed by atoms with Crippen molar-refractivity contribution in [2.24, 2.45) is 0 Å². The van der Waals surface area contributed by atoms with Gasteiger partial charge in [-0.2, -0.15) is 0 Å². The van der Waals surface area contributed by atoms with Gasteiger partial charge in [0.25, 0.3) is 0 Å². The van der Waals surface area contributed by atoms with Gasteiger partial charge in [0, 0.05) is 11.6 Å². The van der Waals surface area contributed by atoms with Crippen molar-refractivity contribution in [3.8, 4) is 11.1 Å². The molecule has 0 spiro atoms. The van der Waals surface area contributed by atoms with E-state index in [2.05, 4.69) is 43.4 Å². The van der Waals surface area contributed by atoms with E-state index in [-0.39, 0.29) is 17.9 Å². The van der Waals surface area contributed by atoms with Crippen LogP contribution in [0.3, 0.4) is 0 Å². The van der Waals surface area contributed by atoms with Gasteiger partial charge in [-0.15, -0.1) is 0 Å². The number of ether oxygens (including phenoxy) is 1. The molecular weight excluding hydrogens is 374 g/mol. The minimum Gasteiger partial charge on any atom is -0.448 e. The summed E-state index contributed by atoms with van der Waals surface area (Å²) in [6.45, 7) is 4.53. The van der Waals surface area contributed by atoms with Crippen molar-refractivity contribution in [2.75, 3.05) is 11.9 Å². The zero-order valence-electron chi connectivity index (χ0n) is 17.2. The number of hydrogen-bond donors (Lipinski definition) is 2. The van der Waals surface area contributed by atoms with E-state index in [1.54, 1.807) is 0 Å². The molecule has 1 atom stereocenters. The lowest BCUT2D eigenvalue weighted by molar-refractivity contribution is 0.157. The number of aliphatic hydroxyl groups excluding tert-OH is 1. The molecule has 0 bridgehead atoms. The number of nitrogens with one attached hydrogen (secondary N) is 1. The fourth-order valence-electron chi connectivity index (χ4n) is 4.99. The molecule has 0 heterocycles. The molecule has 2 N–H and O–H groups in total. The van der Waals surface area contributed by atoms with Gasteiger partial charge in [0.05, 0.1) is 6.10 Å². The van der Waals surface area contributed by atoms with Gasteiger partial charge in [-0.3, -0.25) is 5.32 Å². The highest BCUT2D eigenvalue weighted by Crippen LogP contribution is 2.46. The van der Waals surface area contributed by atoms with Gasteiger partial charge in [0.1, 0.15) is 6.61 Å². The van der Waals surface area contributed by atoms with Gasteiger partial charge in [0.15, 0.2) is 0 Å². The van der Waals surface area contributed by atoms with Crippen molar-refractivity contribution in [3.63, 3.8) is 0 Å². The van der Waals surface area contributed by atoms with Crippen LogP contribution >= 0.6 is 0 Å². The third kappa shape index (κ3) is 3.08. The number of anilines is 1. The quantitative estimate of drug-likeness (QED) is 0.588. The number of rotatable bonds is 3. The van der Waals surface area contributed by atoms with Gasteiger partial charge in [-0.1, -0.05) is 68.4 Å². The predicted molar refractivity (Wildman–Crippen MR) is 118 cm³/mol. The van der Waals surface area contributed by atoms with Crippen molar-refractivity contribution in [3.05, 3.63) is 89.0 Å². The molecule has 0 aliphatic heterocycles. The maximum Gasteiger partial charge on any atom is 0.411 e. The molecule has 1 amide bonds. The molecule has 0 aromatic heterocycles. The Kier molecular flexibility index (Phi) is 4.40.